The third-order valence-corrected chi connectivity index (χ3v) is 4.10. The fourth-order valence-corrected chi connectivity index (χ4v) is 2.88. The van der Waals surface area contributed by atoms with E-state index in [2.05, 4.69) is 22.9 Å². The Bertz CT molecular complexity index is 671. The number of halogens is 1. The first kappa shape index (κ1) is 14.1. The fourth-order valence-electron chi connectivity index (χ4n) is 2.48. The Morgan fingerprint density at radius 3 is 2.86 bits per heavy atom. The summed E-state index contributed by atoms with van der Waals surface area (Å²) in [5, 5.41) is 0. The maximum absolute atomic E-state index is 12.8. The molecule has 4 heteroatoms. The fraction of sp³-hybridized carbons (Fsp3) is 0.235. The molecule has 108 valence electrons. The van der Waals surface area contributed by atoms with Crippen LogP contribution in [0.25, 0.3) is 0 Å². The van der Waals surface area contributed by atoms with Gasteiger partial charge in [0.25, 0.3) is 5.91 Å². The van der Waals surface area contributed by atoms with Crippen LogP contribution in [0.1, 0.15) is 23.7 Å². The summed E-state index contributed by atoms with van der Waals surface area (Å²) in [5.41, 5.74) is 1.52. The SMILES string of the molecule is CCC1CN(C(=O)c2cccc(Br)c2)c2ccccc2O1. The second-order valence-electron chi connectivity index (χ2n) is 5.04. The molecule has 21 heavy (non-hydrogen) atoms. The van der Waals surface area contributed by atoms with E-state index >= 15 is 0 Å². The zero-order valence-corrected chi connectivity index (χ0v) is 13.3. The Morgan fingerprint density at radius 1 is 1.29 bits per heavy atom. The highest BCUT2D eigenvalue weighted by Crippen LogP contribution is 2.34. The number of hydrogen-bond donors (Lipinski definition) is 0. The van der Waals surface area contributed by atoms with Crippen molar-refractivity contribution in [3.8, 4) is 5.75 Å². The maximum atomic E-state index is 12.8. The van der Waals surface area contributed by atoms with Crippen molar-refractivity contribution in [1.82, 2.24) is 0 Å². The molecule has 1 aliphatic rings. The van der Waals surface area contributed by atoms with Gasteiger partial charge in [-0.05, 0) is 36.8 Å². The van der Waals surface area contributed by atoms with Gasteiger partial charge < -0.3 is 9.64 Å². The molecule has 0 N–H and O–H groups in total. The first-order valence-corrected chi connectivity index (χ1v) is 7.81. The first-order valence-electron chi connectivity index (χ1n) is 7.02. The van der Waals surface area contributed by atoms with Crippen molar-refractivity contribution >= 4 is 27.5 Å². The van der Waals surface area contributed by atoms with Gasteiger partial charge in [-0.25, -0.2) is 0 Å². The van der Waals surface area contributed by atoms with Crippen molar-refractivity contribution in [2.75, 3.05) is 11.4 Å². The van der Waals surface area contributed by atoms with E-state index in [-0.39, 0.29) is 12.0 Å². The predicted octanol–water partition coefficient (Wildman–Crippen LogP) is 4.27. The lowest BCUT2D eigenvalue weighted by atomic mass is 10.1. The number of benzene rings is 2. The Hall–Kier alpha value is -1.81. The van der Waals surface area contributed by atoms with Crippen LogP contribution in [-0.4, -0.2) is 18.6 Å². The molecule has 1 aliphatic heterocycles. The first-order chi connectivity index (χ1) is 10.2. The Morgan fingerprint density at radius 2 is 2.10 bits per heavy atom. The summed E-state index contributed by atoms with van der Waals surface area (Å²) < 4.78 is 6.82. The van der Waals surface area contributed by atoms with Gasteiger partial charge in [-0.2, -0.15) is 0 Å². The Labute approximate surface area is 132 Å². The third kappa shape index (κ3) is 2.81. The highest BCUT2D eigenvalue weighted by Gasteiger charge is 2.29. The normalized spacial score (nSPS) is 17.0. The molecule has 3 nitrogen and oxygen atoms in total. The van der Waals surface area contributed by atoms with Gasteiger partial charge in [0.15, 0.2) is 0 Å². The van der Waals surface area contributed by atoms with Gasteiger partial charge in [-0.1, -0.05) is 41.1 Å². The molecule has 1 atom stereocenters. The largest absolute Gasteiger partial charge is 0.486 e. The van der Waals surface area contributed by atoms with Gasteiger partial charge in [0, 0.05) is 10.0 Å². The quantitative estimate of drug-likeness (QED) is 0.813. The molecule has 3 rings (SSSR count). The average molecular weight is 346 g/mol. The smallest absolute Gasteiger partial charge is 0.258 e. The number of ether oxygens (including phenoxy) is 1. The van der Waals surface area contributed by atoms with Crippen LogP contribution >= 0.6 is 15.9 Å². The minimum atomic E-state index is 0.00509. The van der Waals surface area contributed by atoms with Crippen molar-refractivity contribution in [2.24, 2.45) is 0 Å². The Kier molecular flexibility index (Phi) is 3.97. The summed E-state index contributed by atoms with van der Waals surface area (Å²) in [6, 6.07) is 15.2. The summed E-state index contributed by atoms with van der Waals surface area (Å²) in [4.78, 5) is 14.6. The number of carbonyl (C=O) groups is 1. The molecule has 0 saturated carbocycles. The number of carbonyl (C=O) groups excluding carboxylic acids is 1. The van der Waals surface area contributed by atoms with E-state index in [1.165, 1.54) is 0 Å². The van der Waals surface area contributed by atoms with E-state index in [4.69, 9.17) is 4.74 Å². The van der Waals surface area contributed by atoms with Crippen LogP contribution < -0.4 is 9.64 Å². The summed E-state index contributed by atoms with van der Waals surface area (Å²) >= 11 is 3.42. The molecule has 1 unspecified atom stereocenters. The third-order valence-electron chi connectivity index (χ3n) is 3.61. The molecular weight excluding hydrogens is 330 g/mol. The second kappa shape index (κ2) is 5.90. The molecule has 0 spiro atoms. The minimum Gasteiger partial charge on any atom is -0.486 e. The van der Waals surface area contributed by atoms with Crippen LogP contribution in [0.15, 0.2) is 53.0 Å². The standard InChI is InChI=1S/C17H16BrNO2/c1-2-14-11-19(15-8-3-4-9-16(15)21-14)17(20)12-6-5-7-13(18)10-12/h3-10,14H,2,11H2,1H3. The van der Waals surface area contributed by atoms with E-state index in [1.807, 2.05) is 53.4 Å². The second-order valence-corrected chi connectivity index (χ2v) is 5.96. The van der Waals surface area contributed by atoms with Crippen molar-refractivity contribution in [3.05, 3.63) is 58.6 Å². The van der Waals surface area contributed by atoms with Gasteiger partial charge in [0.2, 0.25) is 0 Å². The molecule has 2 aromatic carbocycles. The van der Waals surface area contributed by atoms with Crippen LogP contribution in [0, 0.1) is 0 Å². The summed E-state index contributed by atoms with van der Waals surface area (Å²) in [6.07, 6.45) is 0.910. The highest BCUT2D eigenvalue weighted by atomic mass is 79.9. The number of amides is 1. The van der Waals surface area contributed by atoms with Crippen LogP contribution in [0.4, 0.5) is 5.69 Å². The lowest BCUT2D eigenvalue weighted by Crippen LogP contribution is -2.43. The van der Waals surface area contributed by atoms with Gasteiger partial charge in [0.05, 0.1) is 12.2 Å². The molecular formula is C17H16BrNO2. The minimum absolute atomic E-state index is 0.00509. The number of nitrogens with zero attached hydrogens (tertiary/aromatic N) is 1. The van der Waals surface area contributed by atoms with E-state index in [1.54, 1.807) is 0 Å². The van der Waals surface area contributed by atoms with Gasteiger partial charge in [0.1, 0.15) is 11.9 Å². The predicted molar refractivity (Wildman–Crippen MR) is 87.0 cm³/mol. The molecule has 0 bridgehead atoms. The van der Waals surface area contributed by atoms with Gasteiger partial charge in [-0.15, -0.1) is 0 Å². The van der Waals surface area contributed by atoms with Crippen molar-refractivity contribution < 1.29 is 9.53 Å². The number of hydrogen-bond acceptors (Lipinski definition) is 2. The summed E-state index contributed by atoms with van der Waals surface area (Å²) in [5.74, 6) is 0.782. The molecule has 0 aromatic heterocycles. The summed E-state index contributed by atoms with van der Waals surface area (Å²) in [6.45, 7) is 2.65. The van der Waals surface area contributed by atoms with E-state index < -0.39 is 0 Å². The van der Waals surface area contributed by atoms with Crippen LogP contribution in [-0.2, 0) is 0 Å². The van der Waals surface area contributed by atoms with Crippen molar-refractivity contribution in [1.29, 1.82) is 0 Å². The summed E-state index contributed by atoms with van der Waals surface area (Å²) in [7, 11) is 0. The number of fused-ring (bicyclic) bond motifs is 1. The molecule has 1 heterocycles. The lowest BCUT2D eigenvalue weighted by molar-refractivity contribution is 0.0954. The number of anilines is 1. The zero-order valence-electron chi connectivity index (χ0n) is 11.8. The van der Waals surface area contributed by atoms with Crippen molar-refractivity contribution in [3.63, 3.8) is 0 Å². The number of rotatable bonds is 2. The molecule has 2 aromatic rings. The lowest BCUT2D eigenvalue weighted by Gasteiger charge is -2.34. The van der Waals surface area contributed by atoms with E-state index in [0.29, 0.717) is 12.1 Å². The van der Waals surface area contributed by atoms with E-state index in [9.17, 15) is 4.79 Å². The highest BCUT2D eigenvalue weighted by molar-refractivity contribution is 9.10. The van der Waals surface area contributed by atoms with Crippen molar-refractivity contribution in [2.45, 2.75) is 19.4 Å². The van der Waals surface area contributed by atoms with Crippen LogP contribution in [0.3, 0.4) is 0 Å². The monoisotopic (exact) mass is 345 g/mol. The maximum Gasteiger partial charge on any atom is 0.258 e. The number of para-hydroxylation sites is 2. The topological polar surface area (TPSA) is 29.5 Å². The molecule has 0 radical (unpaired) electrons. The molecule has 0 saturated heterocycles. The Balaban J connectivity index is 1.99. The van der Waals surface area contributed by atoms with Crippen LogP contribution in [0.2, 0.25) is 0 Å². The van der Waals surface area contributed by atoms with Gasteiger partial charge >= 0.3 is 0 Å². The average Bonchev–Trinajstić information content (AvgIpc) is 2.53. The van der Waals surface area contributed by atoms with Gasteiger partial charge in [-0.3, -0.25) is 4.79 Å². The zero-order chi connectivity index (χ0) is 14.8. The molecule has 0 aliphatic carbocycles. The molecule has 1 amide bonds. The van der Waals surface area contributed by atoms with Crippen LogP contribution in [0.5, 0.6) is 5.75 Å². The van der Waals surface area contributed by atoms with E-state index in [0.717, 1.165) is 22.3 Å². The molecule has 0 fully saturated rings.